The third-order valence-electron chi connectivity index (χ3n) is 1.08. The van der Waals surface area contributed by atoms with Crippen LogP contribution < -0.4 is 0 Å². The van der Waals surface area contributed by atoms with Gasteiger partial charge in [-0.3, -0.25) is 0 Å². The van der Waals surface area contributed by atoms with Crippen molar-refractivity contribution in [1.29, 1.82) is 0 Å². The molecule has 0 spiro atoms. The van der Waals surface area contributed by atoms with Crippen molar-refractivity contribution in [3.63, 3.8) is 0 Å². The van der Waals surface area contributed by atoms with Crippen LogP contribution in [0.5, 0.6) is 0 Å². The summed E-state index contributed by atoms with van der Waals surface area (Å²) in [5, 5.41) is 0. The largest absolute Gasteiger partial charge is 0.369 e. The van der Waals surface area contributed by atoms with Gasteiger partial charge in [0, 0.05) is 13.5 Å². The highest BCUT2D eigenvalue weighted by atomic mass is 16.5. The first-order valence-electron chi connectivity index (χ1n) is 2.44. The minimum absolute atomic E-state index is 0.236. The van der Waals surface area contributed by atoms with Crippen molar-refractivity contribution in [3.8, 4) is 11.8 Å². The number of hydrogen-bond donors (Lipinski definition) is 0. The molecule has 1 atom stereocenters. The lowest BCUT2D eigenvalue weighted by atomic mass is 10.3. The Kier molecular flexibility index (Phi) is 1.33. The molecule has 1 rings (SSSR count). The molecule has 0 heterocycles. The second-order valence-corrected chi connectivity index (χ2v) is 1.58. The topological polar surface area (TPSA) is 9.23 Å². The Morgan fingerprint density at radius 1 is 1.71 bits per heavy atom. The Bertz CT molecular complexity index is 107. The van der Waals surface area contributed by atoms with Crippen LogP contribution in [0.1, 0.15) is 12.8 Å². The van der Waals surface area contributed by atoms with Crippen molar-refractivity contribution in [2.75, 3.05) is 7.11 Å². The fourth-order valence-electron chi connectivity index (χ4n) is 0.638. The molecule has 1 unspecified atom stereocenters. The molecule has 1 nitrogen and oxygen atoms in total. The van der Waals surface area contributed by atoms with E-state index in [4.69, 9.17) is 4.74 Å². The van der Waals surface area contributed by atoms with Gasteiger partial charge in [-0.2, -0.15) is 0 Å². The number of rotatable bonds is 1. The average Bonchev–Trinajstić information content (AvgIpc) is 2.14. The Morgan fingerprint density at radius 2 is 2.57 bits per heavy atom. The third-order valence-corrected chi connectivity index (χ3v) is 1.08. The van der Waals surface area contributed by atoms with Gasteiger partial charge >= 0.3 is 0 Å². The maximum absolute atomic E-state index is 4.94. The zero-order chi connectivity index (χ0) is 5.11. The summed E-state index contributed by atoms with van der Waals surface area (Å²) in [6, 6.07) is 0. The maximum Gasteiger partial charge on any atom is 0.118 e. The van der Waals surface area contributed by atoms with Crippen molar-refractivity contribution in [2.24, 2.45) is 0 Å². The van der Waals surface area contributed by atoms with Crippen molar-refractivity contribution in [3.05, 3.63) is 0 Å². The SMILES string of the molecule is COC1C#CCC1. The van der Waals surface area contributed by atoms with Gasteiger partial charge in [0.05, 0.1) is 0 Å². The molecular formula is C6H8O. The molecule has 1 heteroatoms. The fraction of sp³-hybridized carbons (Fsp3) is 0.667. The molecule has 0 radical (unpaired) electrons. The van der Waals surface area contributed by atoms with Crippen LogP contribution in [-0.4, -0.2) is 13.2 Å². The molecule has 0 saturated heterocycles. The second-order valence-electron chi connectivity index (χ2n) is 1.58. The highest BCUT2D eigenvalue weighted by Crippen LogP contribution is 2.03. The van der Waals surface area contributed by atoms with E-state index in [-0.39, 0.29) is 6.10 Å². The summed E-state index contributed by atoms with van der Waals surface area (Å²) in [6.07, 6.45) is 2.31. The molecule has 0 N–H and O–H groups in total. The molecule has 0 aromatic rings. The van der Waals surface area contributed by atoms with E-state index < -0.39 is 0 Å². The van der Waals surface area contributed by atoms with Gasteiger partial charge in [-0.25, -0.2) is 0 Å². The summed E-state index contributed by atoms with van der Waals surface area (Å²) < 4.78 is 4.94. The molecule has 0 bridgehead atoms. The van der Waals surface area contributed by atoms with Crippen molar-refractivity contribution in [1.82, 2.24) is 0 Å². The molecule has 0 amide bonds. The monoisotopic (exact) mass is 96.1 g/mol. The van der Waals surface area contributed by atoms with E-state index in [1.54, 1.807) is 7.11 Å². The Morgan fingerprint density at radius 3 is 2.86 bits per heavy atom. The van der Waals surface area contributed by atoms with E-state index in [1.807, 2.05) is 0 Å². The zero-order valence-corrected chi connectivity index (χ0v) is 4.40. The number of ether oxygens (including phenoxy) is 1. The first kappa shape index (κ1) is 4.67. The van der Waals surface area contributed by atoms with Crippen LogP contribution in [0.2, 0.25) is 0 Å². The summed E-state index contributed by atoms with van der Waals surface area (Å²) in [5.74, 6) is 5.88. The average molecular weight is 96.1 g/mol. The fourth-order valence-corrected chi connectivity index (χ4v) is 0.638. The van der Waals surface area contributed by atoms with Gasteiger partial charge in [-0.05, 0) is 6.42 Å². The van der Waals surface area contributed by atoms with Gasteiger partial charge in [-0.1, -0.05) is 5.92 Å². The van der Waals surface area contributed by atoms with Crippen molar-refractivity contribution < 1.29 is 4.74 Å². The smallest absolute Gasteiger partial charge is 0.118 e. The van der Waals surface area contributed by atoms with Crippen LogP contribution in [0.3, 0.4) is 0 Å². The lowest BCUT2D eigenvalue weighted by Gasteiger charge is -1.98. The van der Waals surface area contributed by atoms with E-state index in [0.717, 1.165) is 12.8 Å². The summed E-state index contributed by atoms with van der Waals surface area (Å²) in [6.45, 7) is 0. The van der Waals surface area contributed by atoms with Crippen LogP contribution >= 0.6 is 0 Å². The summed E-state index contributed by atoms with van der Waals surface area (Å²) in [4.78, 5) is 0. The molecule has 7 heavy (non-hydrogen) atoms. The molecule has 0 aliphatic heterocycles. The lowest BCUT2D eigenvalue weighted by Crippen LogP contribution is -2.01. The summed E-state index contributed by atoms with van der Waals surface area (Å²) in [7, 11) is 1.70. The van der Waals surface area contributed by atoms with Gasteiger partial charge in [0.25, 0.3) is 0 Å². The van der Waals surface area contributed by atoms with Gasteiger partial charge < -0.3 is 4.74 Å². The summed E-state index contributed by atoms with van der Waals surface area (Å²) >= 11 is 0. The number of hydrogen-bond acceptors (Lipinski definition) is 1. The van der Waals surface area contributed by atoms with Crippen LogP contribution in [0.4, 0.5) is 0 Å². The van der Waals surface area contributed by atoms with Gasteiger partial charge in [0.1, 0.15) is 6.10 Å². The highest BCUT2D eigenvalue weighted by molar-refractivity contribution is 5.11. The predicted octanol–water partition coefficient (Wildman–Crippen LogP) is 0.799. The molecule has 0 aromatic heterocycles. The normalized spacial score (nSPS) is 26.7. The van der Waals surface area contributed by atoms with Crippen LogP contribution in [0.25, 0.3) is 0 Å². The molecule has 0 fully saturated rings. The molecule has 0 aromatic carbocycles. The minimum atomic E-state index is 0.236. The summed E-state index contributed by atoms with van der Waals surface area (Å²) in [5.41, 5.74) is 0. The standard InChI is InChI=1S/C6H8O/c1-7-6-4-2-3-5-6/h6H,2,4H2,1H3. The van der Waals surface area contributed by atoms with Gasteiger partial charge in [-0.15, -0.1) is 5.92 Å². The first-order valence-corrected chi connectivity index (χ1v) is 2.44. The molecule has 1 aliphatic carbocycles. The lowest BCUT2D eigenvalue weighted by molar-refractivity contribution is 0.146. The van der Waals surface area contributed by atoms with E-state index in [1.165, 1.54) is 0 Å². The Labute approximate surface area is 43.7 Å². The van der Waals surface area contributed by atoms with E-state index in [2.05, 4.69) is 11.8 Å². The third kappa shape index (κ3) is 0.942. The molecular weight excluding hydrogens is 88.1 g/mol. The minimum Gasteiger partial charge on any atom is -0.369 e. The predicted molar refractivity (Wildman–Crippen MR) is 27.8 cm³/mol. The zero-order valence-electron chi connectivity index (χ0n) is 4.40. The van der Waals surface area contributed by atoms with Crippen molar-refractivity contribution in [2.45, 2.75) is 18.9 Å². The quantitative estimate of drug-likeness (QED) is 0.439. The molecule has 38 valence electrons. The van der Waals surface area contributed by atoms with E-state index in [0.29, 0.717) is 0 Å². The Hall–Kier alpha value is -0.480. The van der Waals surface area contributed by atoms with E-state index >= 15 is 0 Å². The van der Waals surface area contributed by atoms with Gasteiger partial charge in [0.15, 0.2) is 0 Å². The van der Waals surface area contributed by atoms with Crippen LogP contribution in [-0.2, 0) is 4.74 Å². The highest BCUT2D eigenvalue weighted by Gasteiger charge is 2.04. The first-order chi connectivity index (χ1) is 3.43. The molecule has 0 saturated carbocycles. The second kappa shape index (κ2) is 1.99. The van der Waals surface area contributed by atoms with Crippen LogP contribution in [0.15, 0.2) is 0 Å². The Balaban J connectivity index is 2.33. The van der Waals surface area contributed by atoms with Gasteiger partial charge in [0.2, 0.25) is 0 Å². The number of methoxy groups -OCH3 is 1. The van der Waals surface area contributed by atoms with E-state index in [9.17, 15) is 0 Å². The molecule has 1 aliphatic rings. The maximum atomic E-state index is 4.94. The van der Waals surface area contributed by atoms with Crippen LogP contribution in [0, 0.1) is 11.8 Å². The van der Waals surface area contributed by atoms with Crippen molar-refractivity contribution >= 4 is 0 Å².